The minimum Gasteiger partial charge on any atom is -0.392 e. The molecule has 1 aromatic heterocycles. The van der Waals surface area contributed by atoms with Crippen molar-refractivity contribution in [3.63, 3.8) is 0 Å². The zero-order chi connectivity index (χ0) is 14.5. The molecule has 20 heavy (non-hydrogen) atoms. The summed E-state index contributed by atoms with van der Waals surface area (Å²) in [4.78, 5) is 17.7. The molecule has 0 saturated carbocycles. The smallest absolute Gasteiger partial charge is 0.329 e. The summed E-state index contributed by atoms with van der Waals surface area (Å²) in [6, 6.07) is 7.18. The second kappa shape index (κ2) is 6.27. The Bertz CT molecular complexity index is 619. The molecule has 1 heterocycles. The number of nitro groups is 1. The van der Waals surface area contributed by atoms with Crippen LogP contribution in [0.25, 0.3) is 0 Å². The summed E-state index contributed by atoms with van der Waals surface area (Å²) < 4.78 is 0. The average molecular weight is 295 g/mol. The van der Waals surface area contributed by atoms with Crippen LogP contribution in [0.4, 0.5) is 11.5 Å². The van der Waals surface area contributed by atoms with E-state index in [1.54, 1.807) is 12.1 Å². The predicted molar refractivity (Wildman–Crippen MR) is 73.4 cm³/mol. The SMILES string of the molecule is O=[N+]([O-])c1cnc(Cl)nc1NCc1ccc(CO)cc1. The fraction of sp³-hybridized carbons (Fsp3) is 0.167. The highest BCUT2D eigenvalue weighted by atomic mass is 35.5. The molecule has 1 aromatic carbocycles. The Kier molecular flexibility index (Phi) is 4.44. The molecule has 0 amide bonds. The van der Waals surface area contributed by atoms with Gasteiger partial charge in [0.25, 0.3) is 0 Å². The maximum Gasteiger partial charge on any atom is 0.329 e. The molecule has 0 fully saturated rings. The van der Waals surface area contributed by atoms with E-state index in [0.29, 0.717) is 6.54 Å². The van der Waals surface area contributed by atoms with Crippen molar-refractivity contribution < 1.29 is 10.0 Å². The molecule has 0 bridgehead atoms. The number of hydrogen-bond acceptors (Lipinski definition) is 6. The van der Waals surface area contributed by atoms with Crippen LogP contribution < -0.4 is 5.32 Å². The summed E-state index contributed by atoms with van der Waals surface area (Å²) in [6.45, 7) is 0.320. The molecule has 8 heteroatoms. The normalized spacial score (nSPS) is 10.3. The number of anilines is 1. The molecule has 7 nitrogen and oxygen atoms in total. The Morgan fingerprint density at radius 1 is 1.30 bits per heavy atom. The Morgan fingerprint density at radius 2 is 1.95 bits per heavy atom. The van der Waals surface area contributed by atoms with Gasteiger partial charge in [0, 0.05) is 6.54 Å². The van der Waals surface area contributed by atoms with Crippen molar-refractivity contribution >= 4 is 23.1 Å². The molecule has 0 aliphatic carbocycles. The summed E-state index contributed by atoms with van der Waals surface area (Å²) in [5, 5.41) is 22.6. The van der Waals surface area contributed by atoms with Gasteiger partial charge >= 0.3 is 5.69 Å². The van der Waals surface area contributed by atoms with E-state index in [4.69, 9.17) is 16.7 Å². The molecule has 0 aliphatic heterocycles. The van der Waals surface area contributed by atoms with Crippen LogP contribution in [0.1, 0.15) is 11.1 Å². The van der Waals surface area contributed by atoms with E-state index in [0.717, 1.165) is 17.3 Å². The Labute approximate surface area is 119 Å². The number of aliphatic hydroxyl groups is 1. The average Bonchev–Trinajstić information content (AvgIpc) is 2.45. The number of aliphatic hydroxyl groups excluding tert-OH is 1. The van der Waals surface area contributed by atoms with Gasteiger partial charge in [0.05, 0.1) is 11.5 Å². The van der Waals surface area contributed by atoms with Crippen molar-refractivity contribution in [1.82, 2.24) is 9.97 Å². The molecular formula is C12H11ClN4O3. The Balaban J connectivity index is 2.13. The van der Waals surface area contributed by atoms with Gasteiger partial charge in [0.1, 0.15) is 6.20 Å². The van der Waals surface area contributed by atoms with Crippen LogP contribution in [-0.4, -0.2) is 20.0 Å². The highest BCUT2D eigenvalue weighted by Crippen LogP contribution is 2.22. The van der Waals surface area contributed by atoms with Crippen molar-refractivity contribution in [1.29, 1.82) is 0 Å². The quantitative estimate of drug-likeness (QED) is 0.498. The Hall–Kier alpha value is -2.25. The van der Waals surface area contributed by atoms with Crippen LogP contribution in [-0.2, 0) is 13.2 Å². The third-order valence-electron chi connectivity index (χ3n) is 2.60. The van der Waals surface area contributed by atoms with Gasteiger partial charge < -0.3 is 10.4 Å². The third kappa shape index (κ3) is 3.40. The predicted octanol–water partition coefficient (Wildman–Crippen LogP) is 2.14. The molecular weight excluding hydrogens is 284 g/mol. The van der Waals surface area contributed by atoms with Crippen molar-refractivity contribution in [2.45, 2.75) is 13.2 Å². The largest absolute Gasteiger partial charge is 0.392 e. The number of nitrogens with zero attached hydrogens (tertiary/aromatic N) is 3. The topological polar surface area (TPSA) is 101 Å². The maximum atomic E-state index is 10.8. The summed E-state index contributed by atoms with van der Waals surface area (Å²) >= 11 is 5.63. The number of aromatic nitrogens is 2. The lowest BCUT2D eigenvalue weighted by atomic mass is 10.1. The van der Waals surface area contributed by atoms with Gasteiger partial charge in [-0.25, -0.2) is 4.98 Å². The van der Waals surface area contributed by atoms with Crippen LogP contribution >= 0.6 is 11.6 Å². The minimum atomic E-state index is -0.576. The number of nitrogens with one attached hydrogen (secondary N) is 1. The van der Waals surface area contributed by atoms with E-state index in [1.807, 2.05) is 12.1 Å². The molecule has 0 spiro atoms. The van der Waals surface area contributed by atoms with E-state index in [2.05, 4.69) is 15.3 Å². The standard InChI is InChI=1S/C12H11ClN4O3/c13-12-15-6-10(17(19)20)11(16-12)14-5-8-1-3-9(7-18)4-2-8/h1-4,6,18H,5,7H2,(H,14,15,16). The molecule has 0 unspecified atom stereocenters. The summed E-state index contributed by atoms with van der Waals surface area (Å²) in [7, 11) is 0. The van der Waals surface area contributed by atoms with E-state index in [9.17, 15) is 10.1 Å². The van der Waals surface area contributed by atoms with Crippen molar-refractivity contribution in [2.24, 2.45) is 0 Å². The highest BCUT2D eigenvalue weighted by Gasteiger charge is 2.16. The molecule has 0 atom stereocenters. The number of rotatable bonds is 5. The van der Waals surface area contributed by atoms with E-state index >= 15 is 0 Å². The number of benzene rings is 1. The van der Waals surface area contributed by atoms with Crippen molar-refractivity contribution in [3.8, 4) is 0 Å². The summed E-state index contributed by atoms with van der Waals surface area (Å²) in [6.07, 6.45) is 1.06. The lowest BCUT2D eigenvalue weighted by molar-refractivity contribution is -0.384. The van der Waals surface area contributed by atoms with E-state index in [-0.39, 0.29) is 23.4 Å². The Morgan fingerprint density at radius 3 is 2.55 bits per heavy atom. The summed E-state index contributed by atoms with van der Waals surface area (Å²) in [5.74, 6) is 0.0706. The molecule has 0 aliphatic rings. The zero-order valence-corrected chi connectivity index (χ0v) is 11.0. The number of hydrogen-bond donors (Lipinski definition) is 2. The van der Waals surface area contributed by atoms with E-state index < -0.39 is 4.92 Å². The lowest BCUT2D eigenvalue weighted by Crippen LogP contribution is -2.05. The van der Waals surface area contributed by atoms with Gasteiger partial charge in [-0.15, -0.1) is 0 Å². The lowest BCUT2D eigenvalue weighted by Gasteiger charge is -2.06. The molecule has 104 valence electrons. The van der Waals surface area contributed by atoms with Gasteiger partial charge in [-0.1, -0.05) is 24.3 Å². The van der Waals surface area contributed by atoms with Gasteiger partial charge in [-0.2, -0.15) is 4.98 Å². The first-order valence-corrected chi connectivity index (χ1v) is 6.07. The monoisotopic (exact) mass is 294 g/mol. The van der Waals surface area contributed by atoms with Gasteiger partial charge in [-0.05, 0) is 22.7 Å². The van der Waals surface area contributed by atoms with Crippen LogP contribution in [0.5, 0.6) is 0 Å². The first-order valence-electron chi connectivity index (χ1n) is 5.69. The maximum absolute atomic E-state index is 10.8. The second-order valence-electron chi connectivity index (χ2n) is 3.96. The zero-order valence-electron chi connectivity index (χ0n) is 10.3. The molecule has 2 aromatic rings. The number of halogens is 1. The minimum absolute atomic E-state index is 0.0271. The first kappa shape index (κ1) is 14.2. The molecule has 0 radical (unpaired) electrons. The summed E-state index contributed by atoms with van der Waals surface area (Å²) in [5.41, 5.74) is 1.46. The molecule has 2 rings (SSSR count). The highest BCUT2D eigenvalue weighted by molar-refractivity contribution is 6.28. The van der Waals surface area contributed by atoms with Crippen LogP contribution in [0.2, 0.25) is 5.28 Å². The third-order valence-corrected chi connectivity index (χ3v) is 2.78. The van der Waals surface area contributed by atoms with Crippen LogP contribution in [0, 0.1) is 10.1 Å². The van der Waals surface area contributed by atoms with Crippen LogP contribution in [0.3, 0.4) is 0 Å². The second-order valence-corrected chi connectivity index (χ2v) is 4.30. The van der Waals surface area contributed by atoms with Crippen molar-refractivity contribution in [3.05, 3.63) is 57.0 Å². The van der Waals surface area contributed by atoms with Gasteiger partial charge in [0.2, 0.25) is 11.1 Å². The van der Waals surface area contributed by atoms with Gasteiger partial charge in [0.15, 0.2) is 0 Å². The van der Waals surface area contributed by atoms with E-state index in [1.165, 1.54) is 0 Å². The molecule has 0 saturated heterocycles. The fourth-order valence-corrected chi connectivity index (χ4v) is 1.70. The molecule has 2 N–H and O–H groups in total. The first-order chi connectivity index (χ1) is 9.60. The van der Waals surface area contributed by atoms with Gasteiger partial charge in [-0.3, -0.25) is 10.1 Å². The fourth-order valence-electron chi connectivity index (χ4n) is 1.57. The van der Waals surface area contributed by atoms with Crippen LogP contribution in [0.15, 0.2) is 30.5 Å². The van der Waals surface area contributed by atoms with Crippen molar-refractivity contribution in [2.75, 3.05) is 5.32 Å².